The van der Waals surface area contributed by atoms with Gasteiger partial charge in [-0.15, -0.1) is 0 Å². The number of piperidine rings is 1. The van der Waals surface area contributed by atoms with Gasteiger partial charge in [-0.05, 0) is 51.1 Å². The summed E-state index contributed by atoms with van der Waals surface area (Å²) < 4.78 is 0. The molecule has 2 N–H and O–H groups in total. The van der Waals surface area contributed by atoms with Crippen LogP contribution in [0.3, 0.4) is 0 Å². The van der Waals surface area contributed by atoms with E-state index < -0.39 is 0 Å². The number of hydrogen-bond acceptors (Lipinski definition) is 2. The van der Waals surface area contributed by atoms with Gasteiger partial charge in [-0.1, -0.05) is 33.1 Å². The van der Waals surface area contributed by atoms with Gasteiger partial charge in [0.05, 0.1) is 0 Å². The average Bonchev–Trinajstić information content (AvgIpc) is 2.35. The van der Waals surface area contributed by atoms with Crippen molar-refractivity contribution in [2.75, 3.05) is 19.6 Å². The van der Waals surface area contributed by atoms with Crippen LogP contribution in [-0.2, 0) is 0 Å². The number of hydrogen-bond donors (Lipinski definition) is 2. The summed E-state index contributed by atoms with van der Waals surface area (Å²) >= 11 is 0. The normalized spacial score (nSPS) is 21.4. The molecule has 0 aromatic rings. The van der Waals surface area contributed by atoms with Crippen LogP contribution in [-0.4, -0.2) is 25.7 Å². The number of unbranched alkanes of at least 4 members (excludes halogenated alkanes) is 1. The molecule has 0 amide bonds. The van der Waals surface area contributed by atoms with Gasteiger partial charge in [-0.25, -0.2) is 0 Å². The number of nitrogens with one attached hydrogen (secondary N) is 2. The lowest BCUT2D eigenvalue weighted by molar-refractivity contribution is 0.170. The monoisotopic (exact) mass is 240 g/mol. The Morgan fingerprint density at radius 2 is 1.88 bits per heavy atom. The van der Waals surface area contributed by atoms with Crippen LogP contribution in [0, 0.1) is 5.41 Å². The Hall–Kier alpha value is -0.0800. The van der Waals surface area contributed by atoms with Crippen molar-refractivity contribution in [3.8, 4) is 0 Å². The summed E-state index contributed by atoms with van der Waals surface area (Å²) in [5.74, 6) is 0. The molecule has 102 valence electrons. The molecule has 1 rings (SSSR count). The molecule has 2 nitrogen and oxygen atoms in total. The summed E-state index contributed by atoms with van der Waals surface area (Å²) in [5.41, 5.74) is 0.584. The third-order valence-corrected chi connectivity index (χ3v) is 4.26. The van der Waals surface area contributed by atoms with Gasteiger partial charge >= 0.3 is 0 Å². The van der Waals surface area contributed by atoms with Crippen LogP contribution in [0.15, 0.2) is 0 Å². The first-order valence-corrected chi connectivity index (χ1v) is 7.66. The lowest BCUT2D eigenvalue weighted by Gasteiger charge is -2.38. The largest absolute Gasteiger partial charge is 0.317 e. The van der Waals surface area contributed by atoms with E-state index in [0.717, 1.165) is 0 Å². The fourth-order valence-electron chi connectivity index (χ4n) is 3.01. The van der Waals surface area contributed by atoms with Crippen LogP contribution in [0.4, 0.5) is 0 Å². The highest BCUT2D eigenvalue weighted by Gasteiger charge is 2.30. The molecule has 1 aliphatic heterocycles. The maximum atomic E-state index is 3.78. The molecule has 0 aromatic heterocycles. The van der Waals surface area contributed by atoms with Gasteiger partial charge in [0.1, 0.15) is 0 Å². The van der Waals surface area contributed by atoms with Crippen molar-refractivity contribution in [2.45, 2.75) is 71.8 Å². The minimum Gasteiger partial charge on any atom is -0.317 e. The van der Waals surface area contributed by atoms with Crippen LogP contribution in [0.1, 0.15) is 65.7 Å². The molecule has 2 heteroatoms. The minimum absolute atomic E-state index is 0.584. The Bertz CT molecular complexity index is 180. The van der Waals surface area contributed by atoms with Gasteiger partial charge in [0.2, 0.25) is 0 Å². The first-order chi connectivity index (χ1) is 8.22. The van der Waals surface area contributed by atoms with Crippen LogP contribution >= 0.6 is 0 Å². The molecule has 17 heavy (non-hydrogen) atoms. The SMILES string of the molecule is CCCCC(C)NCC1(CCC)CCNCC1. The first kappa shape index (κ1) is 15.0. The van der Waals surface area contributed by atoms with E-state index in [1.807, 2.05) is 0 Å². The summed E-state index contributed by atoms with van der Waals surface area (Å²) in [6, 6.07) is 0.693. The summed E-state index contributed by atoms with van der Waals surface area (Å²) in [6.07, 6.45) is 9.43. The molecule has 0 aromatic carbocycles. The highest BCUT2D eigenvalue weighted by Crippen LogP contribution is 2.33. The van der Waals surface area contributed by atoms with Crippen molar-refractivity contribution in [1.29, 1.82) is 0 Å². The average molecular weight is 240 g/mol. The smallest absolute Gasteiger partial charge is 0.00389 e. The summed E-state index contributed by atoms with van der Waals surface area (Å²) in [6.45, 7) is 10.6. The second-order valence-electron chi connectivity index (χ2n) is 5.92. The molecule has 1 heterocycles. The van der Waals surface area contributed by atoms with E-state index in [2.05, 4.69) is 31.4 Å². The maximum Gasteiger partial charge on any atom is 0.00389 e. The zero-order chi connectivity index (χ0) is 12.6. The molecule has 1 fully saturated rings. The molecule has 1 unspecified atom stereocenters. The lowest BCUT2D eigenvalue weighted by Crippen LogP contribution is -2.45. The van der Waals surface area contributed by atoms with Crippen molar-refractivity contribution in [3.05, 3.63) is 0 Å². The van der Waals surface area contributed by atoms with E-state index in [4.69, 9.17) is 0 Å². The summed E-state index contributed by atoms with van der Waals surface area (Å²) in [5, 5.41) is 7.28. The Morgan fingerprint density at radius 3 is 2.47 bits per heavy atom. The van der Waals surface area contributed by atoms with Gasteiger partial charge in [0.25, 0.3) is 0 Å². The van der Waals surface area contributed by atoms with Crippen molar-refractivity contribution in [1.82, 2.24) is 10.6 Å². The molecule has 0 spiro atoms. The molecule has 0 radical (unpaired) electrons. The van der Waals surface area contributed by atoms with Crippen LogP contribution in [0.25, 0.3) is 0 Å². The Morgan fingerprint density at radius 1 is 1.18 bits per heavy atom. The van der Waals surface area contributed by atoms with E-state index in [0.29, 0.717) is 11.5 Å². The Balaban J connectivity index is 2.33. The fourth-order valence-corrected chi connectivity index (χ4v) is 3.01. The van der Waals surface area contributed by atoms with Gasteiger partial charge in [-0.3, -0.25) is 0 Å². The highest BCUT2D eigenvalue weighted by molar-refractivity contribution is 4.87. The van der Waals surface area contributed by atoms with Crippen LogP contribution in [0.2, 0.25) is 0 Å². The van der Waals surface area contributed by atoms with E-state index in [1.54, 1.807) is 0 Å². The summed E-state index contributed by atoms with van der Waals surface area (Å²) in [4.78, 5) is 0. The first-order valence-electron chi connectivity index (χ1n) is 7.66. The molecule has 0 aliphatic carbocycles. The van der Waals surface area contributed by atoms with Crippen molar-refractivity contribution in [3.63, 3.8) is 0 Å². The second-order valence-corrected chi connectivity index (χ2v) is 5.92. The van der Waals surface area contributed by atoms with Crippen molar-refractivity contribution in [2.24, 2.45) is 5.41 Å². The fraction of sp³-hybridized carbons (Fsp3) is 1.00. The molecule has 0 saturated carbocycles. The van der Waals surface area contributed by atoms with Crippen molar-refractivity contribution < 1.29 is 0 Å². The zero-order valence-corrected chi connectivity index (χ0v) is 12.1. The minimum atomic E-state index is 0.584. The highest BCUT2D eigenvalue weighted by atomic mass is 14.9. The third kappa shape index (κ3) is 5.39. The van der Waals surface area contributed by atoms with Crippen LogP contribution < -0.4 is 10.6 Å². The molecule has 1 aliphatic rings. The standard InChI is InChI=1S/C15H32N2/c1-4-6-7-14(3)17-13-15(8-5-2)9-11-16-12-10-15/h14,16-17H,4-13H2,1-3H3. The third-order valence-electron chi connectivity index (χ3n) is 4.26. The maximum absolute atomic E-state index is 3.78. The Labute approximate surface area is 108 Å². The predicted octanol–water partition coefficient (Wildman–Crippen LogP) is 3.32. The van der Waals surface area contributed by atoms with Gasteiger partial charge in [0.15, 0.2) is 0 Å². The predicted molar refractivity (Wildman–Crippen MR) is 76.4 cm³/mol. The van der Waals surface area contributed by atoms with Crippen molar-refractivity contribution >= 4 is 0 Å². The molecular weight excluding hydrogens is 208 g/mol. The molecule has 1 atom stereocenters. The van der Waals surface area contributed by atoms with E-state index in [1.165, 1.54) is 64.6 Å². The molecule has 0 bridgehead atoms. The van der Waals surface area contributed by atoms with Gasteiger partial charge < -0.3 is 10.6 Å². The molecular formula is C15H32N2. The number of rotatable bonds is 8. The molecule has 1 saturated heterocycles. The second kappa shape index (κ2) is 8.10. The van der Waals surface area contributed by atoms with E-state index >= 15 is 0 Å². The van der Waals surface area contributed by atoms with E-state index in [-0.39, 0.29) is 0 Å². The summed E-state index contributed by atoms with van der Waals surface area (Å²) in [7, 11) is 0. The topological polar surface area (TPSA) is 24.1 Å². The quantitative estimate of drug-likeness (QED) is 0.680. The van der Waals surface area contributed by atoms with E-state index in [9.17, 15) is 0 Å². The van der Waals surface area contributed by atoms with Crippen LogP contribution in [0.5, 0.6) is 0 Å². The van der Waals surface area contributed by atoms with Gasteiger partial charge in [-0.2, -0.15) is 0 Å². The Kier molecular flexibility index (Phi) is 7.14. The van der Waals surface area contributed by atoms with Gasteiger partial charge in [0, 0.05) is 12.6 Å². The zero-order valence-electron chi connectivity index (χ0n) is 12.1. The lowest BCUT2D eigenvalue weighted by atomic mass is 9.75.